The lowest BCUT2D eigenvalue weighted by Crippen LogP contribution is -2.16. The van der Waals surface area contributed by atoms with E-state index in [1.54, 1.807) is 6.08 Å². The molecule has 5 nitrogen and oxygen atoms in total. The number of carbonyl (C=O) groups excluding carboxylic acids is 2. The maximum absolute atomic E-state index is 12.5. The number of aromatic nitrogens is 1. The molecule has 0 spiro atoms. The van der Waals surface area contributed by atoms with Crippen LogP contribution in [0.1, 0.15) is 20.2 Å². The number of primary amides is 1. The van der Waals surface area contributed by atoms with Crippen molar-refractivity contribution in [2.45, 2.75) is 6.92 Å². The summed E-state index contributed by atoms with van der Waals surface area (Å²) in [4.78, 5) is 30.0. The molecule has 0 unspecified atom stereocenters. The number of amides is 2. The maximum Gasteiger partial charge on any atom is 0.252 e. The topological polar surface area (TPSA) is 85.1 Å². The highest BCUT2D eigenvalue weighted by atomic mass is 32.1. The van der Waals surface area contributed by atoms with Crippen LogP contribution < -0.4 is 11.1 Å². The summed E-state index contributed by atoms with van der Waals surface area (Å²) in [6.07, 6.45) is 3.09. The third-order valence-electron chi connectivity index (χ3n) is 4.32. The van der Waals surface area contributed by atoms with E-state index in [1.165, 1.54) is 28.7 Å². The van der Waals surface area contributed by atoms with Crippen LogP contribution in [0.4, 0.5) is 5.00 Å². The van der Waals surface area contributed by atoms with Crippen LogP contribution in [-0.4, -0.2) is 16.8 Å². The van der Waals surface area contributed by atoms with Gasteiger partial charge in [-0.15, -0.1) is 22.7 Å². The van der Waals surface area contributed by atoms with E-state index in [1.807, 2.05) is 61.5 Å². The van der Waals surface area contributed by atoms with E-state index in [4.69, 9.17) is 5.73 Å². The number of thiophene rings is 1. The fourth-order valence-corrected chi connectivity index (χ4v) is 5.04. The quantitative estimate of drug-likeness (QED) is 0.442. The average molecular weight is 420 g/mol. The highest BCUT2D eigenvalue weighted by Crippen LogP contribution is 2.39. The standard InChI is InChI=1S/C22H17N3O2S2/c1-13-19(14-7-3-2-4-8-14)20(21(23)27)22(28-13)25-17(26)11-12-18-24-15-9-5-6-10-16(15)29-18/h2-12H,1H3,(H2,23,27)(H,25,26)/b12-11+. The fourth-order valence-electron chi connectivity index (χ4n) is 3.08. The molecular formula is C22H17N3O2S2. The number of aryl methyl sites for hydroxylation is 1. The van der Waals surface area contributed by atoms with Crippen molar-refractivity contribution in [2.75, 3.05) is 5.32 Å². The van der Waals surface area contributed by atoms with Crippen molar-refractivity contribution in [3.63, 3.8) is 0 Å². The van der Waals surface area contributed by atoms with E-state index in [2.05, 4.69) is 10.3 Å². The Morgan fingerprint density at radius 3 is 2.48 bits per heavy atom. The summed E-state index contributed by atoms with van der Waals surface area (Å²) in [7, 11) is 0. The minimum Gasteiger partial charge on any atom is -0.365 e. The Labute approximate surface area is 175 Å². The molecule has 0 bridgehead atoms. The Balaban J connectivity index is 1.60. The first-order valence-electron chi connectivity index (χ1n) is 8.86. The Kier molecular flexibility index (Phi) is 5.24. The first kappa shape index (κ1) is 19.0. The Bertz CT molecular complexity index is 1210. The minimum absolute atomic E-state index is 0.334. The number of nitrogens with zero attached hydrogens (tertiary/aromatic N) is 1. The van der Waals surface area contributed by atoms with E-state index in [9.17, 15) is 9.59 Å². The zero-order valence-corrected chi connectivity index (χ0v) is 17.1. The van der Waals surface area contributed by atoms with Gasteiger partial charge in [-0.25, -0.2) is 4.98 Å². The smallest absolute Gasteiger partial charge is 0.252 e. The molecule has 0 radical (unpaired) electrons. The number of nitrogens with two attached hydrogens (primary N) is 1. The summed E-state index contributed by atoms with van der Waals surface area (Å²) < 4.78 is 1.06. The number of fused-ring (bicyclic) bond motifs is 1. The number of benzene rings is 2. The van der Waals surface area contributed by atoms with Gasteiger partial charge in [-0.1, -0.05) is 42.5 Å². The molecule has 0 atom stereocenters. The third kappa shape index (κ3) is 3.96. The fraction of sp³-hybridized carbons (Fsp3) is 0.0455. The number of rotatable bonds is 5. The summed E-state index contributed by atoms with van der Waals surface area (Å²) in [6, 6.07) is 17.3. The first-order valence-corrected chi connectivity index (χ1v) is 10.5. The van der Waals surface area contributed by atoms with Gasteiger partial charge < -0.3 is 11.1 Å². The van der Waals surface area contributed by atoms with Crippen LogP contribution in [0.5, 0.6) is 0 Å². The van der Waals surface area contributed by atoms with Gasteiger partial charge in [0.2, 0.25) is 5.91 Å². The zero-order valence-electron chi connectivity index (χ0n) is 15.5. The molecule has 2 aromatic heterocycles. The molecule has 0 aliphatic carbocycles. The molecule has 2 amide bonds. The number of hydrogen-bond acceptors (Lipinski definition) is 5. The SMILES string of the molecule is Cc1sc(NC(=O)/C=C/c2nc3ccccc3s2)c(C(N)=O)c1-c1ccccc1. The number of carbonyl (C=O) groups is 2. The average Bonchev–Trinajstić information content (AvgIpc) is 3.27. The molecular weight excluding hydrogens is 402 g/mol. The second-order valence-corrected chi connectivity index (χ2v) is 8.60. The van der Waals surface area contributed by atoms with Crippen LogP contribution in [0.2, 0.25) is 0 Å². The van der Waals surface area contributed by atoms with Crippen LogP contribution >= 0.6 is 22.7 Å². The lowest BCUT2D eigenvalue weighted by molar-refractivity contribution is -0.111. The molecule has 3 N–H and O–H groups in total. The predicted molar refractivity (Wildman–Crippen MR) is 120 cm³/mol. The first-order chi connectivity index (χ1) is 14.0. The van der Waals surface area contributed by atoms with Crippen LogP contribution in [0.15, 0.2) is 60.7 Å². The highest BCUT2D eigenvalue weighted by molar-refractivity contribution is 7.19. The van der Waals surface area contributed by atoms with Crippen molar-refractivity contribution >= 4 is 55.8 Å². The molecule has 4 rings (SSSR count). The van der Waals surface area contributed by atoms with Crippen LogP contribution in [-0.2, 0) is 4.79 Å². The van der Waals surface area contributed by atoms with E-state index < -0.39 is 5.91 Å². The molecule has 0 aliphatic rings. The summed E-state index contributed by atoms with van der Waals surface area (Å²) >= 11 is 2.85. The number of para-hydroxylation sites is 1. The Hall–Kier alpha value is -3.29. The largest absolute Gasteiger partial charge is 0.365 e. The third-order valence-corrected chi connectivity index (χ3v) is 6.34. The van der Waals surface area contributed by atoms with Crippen LogP contribution in [0, 0.1) is 6.92 Å². The molecule has 0 saturated carbocycles. The predicted octanol–water partition coefficient (Wildman–Crippen LogP) is 5.08. The van der Waals surface area contributed by atoms with Crippen molar-refractivity contribution in [1.29, 1.82) is 0 Å². The van der Waals surface area contributed by atoms with E-state index in [0.717, 1.165) is 31.2 Å². The molecule has 0 saturated heterocycles. The molecule has 0 aliphatic heterocycles. The van der Waals surface area contributed by atoms with Crippen molar-refractivity contribution in [2.24, 2.45) is 5.73 Å². The maximum atomic E-state index is 12.5. The highest BCUT2D eigenvalue weighted by Gasteiger charge is 2.22. The number of hydrogen-bond donors (Lipinski definition) is 2. The lowest BCUT2D eigenvalue weighted by atomic mass is 10.0. The van der Waals surface area contributed by atoms with E-state index >= 15 is 0 Å². The summed E-state index contributed by atoms with van der Waals surface area (Å²) in [5.74, 6) is -0.911. The van der Waals surface area contributed by atoms with Crippen molar-refractivity contribution in [3.8, 4) is 11.1 Å². The van der Waals surface area contributed by atoms with Gasteiger partial charge in [0.25, 0.3) is 5.91 Å². The monoisotopic (exact) mass is 419 g/mol. The lowest BCUT2D eigenvalue weighted by Gasteiger charge is -2.05. The van der Waals surface area contributed by atoms with Crippen molar-refractivity contribution in [3.05, 3.63) is 76.1 Å². The second kappa shape index (κ2) is 7.98. The molecule has 2 aromatic carbocycles. The van der Waals surface area contributed by atoms with Crippen LogP contribution in [0.3, 0.4) is 0 Å². The van der Waals surface area contributed by atoms with Gasteiger partial charge >= 0.3 is 0 Å². The molecule has 144 valence electrons. The van der Waals surface area contributed by atoms with Gasteiger partial charge in [-0.3, -0.25) is 9.59 Å². The van der Waals surface area contributed by atoms with Crippen molar-refractivity contribution < 1.29 is 9.59 Å². The molecule has 29 heavy (non-hydrogen) atoms. The Morgan fingerprint density at radius 2 is 1.76 bits per heavy atom. The van der Waals surface area contributed by atoms with Gasteiger partial charge in [0.15, 0.2) is 0 Å². The summed E-state index contributed by atoms with van der Waals surface area (Å²) in [5.41, 5.74) is 8.52. The second-order valence-electron chi connectivity index (χ2n) is 6.31. The molecule has 0 fully saturated rings. The van der Waals surface area contributed by atoms with Gasteiger partial charge in [0.05, 0.1) is 15.8 Å². The van der Waals surface area contributed by atoms with Gasteiger partial charge in [-0.05, 0) is 30.7 Å². The van der Waals surface area contributed by atoms with Gasteiger partial charge in [-0.2, -0.15) is 0 Å². The number of anilines is 1. The van der Waals surface area contributed by atoms with E-state index in [-0.39, 0.29) is 5.91 Å². The minimum atomic E-state index is -0.571. The number of nitrogens with one attached hydrogen (secondary N) is 1. The Morgan fingerprint density at radius 1 is 1.03 bits per heavy atom. The van der Waals surface area contributed by atoms with Gasteiger partial charge in [0.1, 0.15) is 10.0 Å². The summed E-state index contributed by atoms with van der Waals surface area (Å²) in [5, 5.41) is 3.99. The van der Waals surface area contributed by atoms with E-state index in [0.29, 0.717) is 10.6 Å². The zero-order chi connectivity index (χ0) is 20.4. The summed E-state index contributed by atoms with van der Waals surface area (Å²) in [6.45, 7) is 1.91. The molecule has 4 aromatic rings. The molecule has 2 heterocycles. The van der Waals surface area contributed by atoms with Gasteiger partial charge in [0, 0.05) is 16.5 Å². The number of thiazole rings is 1. The van der Waals surface area contributed by atoms with Crippen LogP contribution in [0.25, 0.3) is 27.4 Å². The van der Waals surface area contributed by atoms with Crippen molar-refractivity contribution in [1.82, 2.24) is 4.98 Å². The molecule has 7 heteroatoms. The normalized spacial score (nSPS) is 11.2.